The Morgan fingerprint density at radius 3 is 1.69 bits per heavy atom. The lowest BCUT2D eigenvalue weighted by molar-refractivity contribution is 0.0938. The lowest BCUT2D eigenvalue weighted by Gasteiger charge is -2.28. The highest BCUT2D eigenvalue weighted by atomic mass is 16.3. The van der Waals surface area contributed by atoms with Crippen LogP contribution in [-0.2, 0) is 0 Å². The first-order chi connectivity index (χ1) is 5.54. The Morgan fingerprint density at radius 1 is 1.08 bits per heavy atom. The molecule has 0 spiro atoms. The summed E-state index contributed by atoms with van der Waals surface area (Å²) in [6.45, 7) is 14.6. The molecule has 1 heteroatoms. The standard InChI is InChI=1S/C12H24O/c1-9(8-11(2,3)4)10(13)12(5,6)7/h8,10,13H,1-7H3. The molecule has 0 bridgehead atoms. The predicted molar refractivity (Wildman–Crippen MR) is 58.7 cm³/mol. The summed E-state index contributed by atoms with van der Waals surface area (Å²) in [7, 11) is 0. The topological polar surface area (TPSA) is 20.2 Å². The summed E-state index contributed by atoms with van der Waals surface area (Å²) < 4.78 is 0. The van der Waals surface area contributed by atoms with Crippen LogP contribution in [0.3, 0.4) is 0 Å². The van der Waals surface area contributed by atoms with E-state index in [0.29, 0.717) is 0 Å². The Kier molecular flexibility index (Phi) is 3.74. The maximum atomic E-state index is 9.95. The van der Waals surface area contributed by atoms with E-state index in [2.05, 4.69) is 47.6 Å². The van der Waals surface area contributed by atoms with Gasteiger partial charge in [0, 0.05) is 0 Å². The van der Waals surface area contributed by atoms with Crippen molar-refractivity contribution in [1.82, 2.24) is 0 Å². The largest absolute Gasteiger partial charge is 0.388 e. The van der Waals surface area contributed by atoms with Gasteiger partial charge in [0.2, 0.25) is 0 Å². The monoisotopic (exact) mass is 184 g/mol. The molecule has 1 atom stereocenters. The van der Waals surface area contributed by atoms with Crippen LogP contribution in [0.15, 0.2) is 11.6 Å². The Bertz CT molecular complexity index is 188. The SMILES string of the molecule is CC(=CC(C)(C)C)C(O)C(C)(C)C. The van der Waals surface area contributed by atoms with Crippen LogP contribution in [0.4, 0.5) is 0 Å². The zero-order valence-electron chi connectivity index (χ0n) is 10.1. The fourth-order valence-corrected chi connectivity index (χ4v) is 1.44. The maximum Gasteiger partial charge on any atom is 0.0795 e. The summed E-state index contributed by atoms with van der Waals surface area (Å²) in [5, 5.41) is 9.95. The Morgan fingerprint density at radius 2 is 1.46 bits per heavy atom. The van der Waals surface area contributed by atoms with Gasteiger partial charge in [-0.1, -0.05) is 47.6 Å². The van der Waals surface area contributed by atoms with E-state index in [1.165, 1.54) is 0 Å². The Balaban J connectivity index is 4.62. The quantitative estimate of drug-likeness (QED) is 0.619. The molecule has 0 rings (SSSR count). The van der Waals surface area contributed by atoms with Crippen molar-refractivity contribution in [3.8, 4) is 0 Å². The van der Waals surface area contributed by atoms with Crippen molar-refractivity contribution < 1.29 is 5.11 Å². The molecule has 0 aromatic carbocycles. The second-order valence-electron chi connectivity index (χ2n) is 6.02. The van der Waals surface area contributed by atoms with Crippen molar-refractivity contribution in [2.45, 2.75) is 54.6 Å². The lowest BCUT2D eigenvalue weighted by Crippen LogP contribution is -2.27. The van der Waals surface area contributed by atoms with Crippen LogP contribution < -0.4 is 0 Å². The zero-order chi connectivity index (χ0) is 10.9. The van der Waals surface area contributed by atoms with Crippen molar-refractivity contribution in [2.75, 3.05) is 0 Å². The molecule has 0 fully saturated rings. The molecule has 1 N–H and O–H groups in total. The van der Waals surface area contributed by atoms with Crippen molar-refractivity contribution in [3.63, 3.8) is 0 Å². The van der Waals surface area contributed by atoms with E-state index >= 15 is 0 Å². The fraction of sp³-hybridized carbons (Fsp3) is 0.833. The lowest BCUT2D eigenvalue weighted by atomic mass is 9.82. The minimum atomic E-state index is -0.341. The second-order valence-corrected chi connectivity index (χ2v) is 6.02. The van der Waals surface area contributed by atoms with Crippen molar-refractivity contribution in [2.24, 2.45) is 10.8 Å². The molecule has 0 aromatic rings. The molecular formula is C12H24O. The smallest absolute Gasteiger partial charge is 0.0795 e. The summed E-state index contributed by atoms with van der Waals surface area (Å²) in [6, 6.07) is 0. The number of hydrogen-bond donors (Lipinski definition) is 1. The van der Waals surface area contributed by atoms with Crippen LogP contribution in [-0.4, -0.2) is 11.2 Å². The van der Waals surface area contributed by atoms with Gasteiger partial charge in [-0.05, 0) is 23.3 Å². The third-order valence-electron chi connectivity index (χ3n) is 1.91. The molecule has 0 aliphatic heterocycles. The van der Waals surface area contributed by atoms with E-state index in [4.69, 9.17) is 0 Å². The number of allylic oxidation sites excluding steroid dienone is 1. The second kappa shape index (κ2) is 3.83. The van der Waals surface area contributed by atoms with Gasteiger partial charge in [0.15, 0.2) is 0 Å². The minimum absolute atomic E-state index is 0.0637. The molecule has 0 saturated heterocycles. The van der Waals surface area contributed by atoms with E-state index in [0.717, 1.165) is 5.57 Å². The number of aliphatic hydroxyl groups excluding tert-OH is 1. The first-order valence-electron chi connectivity index (χ1n) is 4.91. The summed E-state index contributed by atoms with van der Waals surface area (Å²) in [5.74, 6) is 0. The van der Waals surface area contributed by atoms with E-state index in [-0.39, 0.29) is 16.9 Å². The predicted octanol–water partition coefficient (Wildman–Crippen LogP) is 3.39. The molecule has 13 heavy (non-hydrogen) atoms. The number of rotatable bonds is 1. The molecular weight excluding hydrogens is 160 g/mol. The summed E-state index contributed by atoms with van der Waals surface area (Å²) in [6.07, 6.45) is 1.80. The first kappa shape index (κ1) is 12.7. The van der Waals surface area contributed by atoms with Crippen LogP contribution in [0, 0.1) is 10.8 Å². The van der Waals surface area contributed by atoms with Gasteiger partial charge in [0.25, 0.3) is 0 Å². The average Bonchev–Trinajstić information content (AvgIpc) is 1.79. The minimum Gasteiger partial charge on any atom is -0.388 e. The van der Waals surface area contributed by atoms with Crippen LogP contribution in [0.25, 0.3) is 0 Å². The van der Waals surface area contributed by atoms with E-state index < -0.39 is 0 Å². The Labute approximate surface area is 82.9 Å². The highest BCUT2D eigenvalue weighted by Gasteiger charge is 2.24. The van der Waals surface area contributed by atoms with Crippen molar-refractivity contribution in [1.29, 1.82) is 0 Å². The normalized spacial score (nSPS) is 17.4. The maximum absolute atomic E-state index is 9.95. The van der Waals surface area contributed by atoms with Gasteiger partial charge in [-0.15, -0.1) is 0 Å². The molecule has 0 radical (unpaired) electrons. The van der Waals surface area contributed by atoms with Gasteiger partial charge in [0.1, 0.15) is 0 Å². The molecule has 0 aromatic heterocycles. The highest BCUT2D eigenvalue weighted by Crippen LogP contribution is 2.27. The third-order valence-corrected chi connectivity index (χ3v) is 1.91. The number of aliphatic hydroxyl groups is 1. The molecule has 0 aliphatic carbocycles. The summed E-state index contributed by atoms with van der Waals surface area (Å²) in [4.78, 5) is 0. The molecule has 0 saturated carbocycles. The van der Waals surface area contributed by atoms with Gasteiger partial charge in [-0.2, -0.15) is 0 Å². The van der Waals surface area contributed by atoms with Crippen LogP contribution in [0.2, 0.25) is 0 Å². The molecule has 1 unspecified atom stereocenters. The van der Waals surface area contributed by atoms with Crippen molar-refractivity contribution in [3.05, 3.63) is 11.6 Å². The van der Waals surface area contributed by atoms with Crippen LogP contribution in [0.5, 0.6) is 0 Å². The third kappa shape index (κ3) is 5.09. The van der Waals surface area contributed by atoms with Crippen LogP contribution >= 0.6 is 0 Å². The fourth-order valence-electron chi connectivity index (χ4n) is 1.44. The number of hydrogen-bond acceptors (Lipinski definition) is 1. The van der Waals surface area contributed by atoms with Gasteiger partial charge in [-0.25, -0.2) is 0 Å². The van der Waals surface area contributed by atoms with Crippen molar-refractivity contribution >= 4 is 0 Å². The first-order valence-corrected chi connectivity index (χ1v) is 4.91. The Hall–Kier alpha value is -0.300. The van der Waals surface area contributed by atoms with Gasteiger partial charge in [-0.3, -0.25) is 0 Å². The molecule has 0 aliphatic rings. The van der Waals surface area contributed by atoms with E-state index in [1.54, 1.807) is 0 Å². The average molecular weight is 184 g/mol. The van der Waals surface area contributed by atoms with E-state index in [9.17, 15) is 5.11 Å². The van der Waals surface area contributed by atoms with Gasteiger partial charge >= 0.3 is 0 Å². The highest BCUT2D eigenvalue weighted by molar-refractivity contribution is 5.11. The zero-order valence-corrected chi connectivity index (χ0v) is 10.1. The van der Waals surface area contributed by atoms with Gasteiger partial charge in [0.05, 0.1) is 6.10 Å². The summed E-state index contributed by atoms with van der Waals surface area (Å²) in [5.41, 5.74) is 1.15. The summed E-state index contributed by atoms with van der Waals surface area (Å²) >= 11 is 0. The molecule has 1 nitrogen and oxygen atoms in total. The van der Waals surface area contributed by atoms with E-state index in [1.807, 2.05) is 6.92 Å². The molecule has 0 amide bonds. The molecule has 78 valence electrons. The van der Waals surface area contributed by atoms with Crippen LogP contribution in [0.1, 0.15) is 48.5 Å². The molecule has 0 heterocycles. The van der Waals surface area contributed by atoms with Gasteiger partial charge < -0.3 is 5.11 Å².